The van der Waals surface area contributed by atoms with Crippen LogP contribution < -0.4 is 10.6 Å². The third kappa shape index (κ3) is 3.92. The van der Waals surface area contributed by atoms with E-state index in [-0.39, 0.29) is 18.0 Å². The van der Waals surface area contributed by atoms with Gasteiger partial charge >= 0.3 is 6.09 Å². The Kier molecular flexibility index (Phi) is 4.41. The molecule has 0 unspecified atom stereocenters. The fourth-order valence-electron chi connectivity index (χ4n) is 3.00. The van der Waals surface area contributed by atoms with Crippen LogP contribution in [0.5, 0.6) is 0 Å². The van der Waals surface area contributed by atoms with Gasteiger partial charge in [-0.1, -0.05) is 18.2 Å². The highest BCUT2D eigenvalue weighted by Gasteiger charge is 2.33. The molecule has 0 atom stereocenters. The minimum Gasteiger partial charge on any atom is -0.444 e. The first kappa shape index (κ1) is 17.3. The van der Waals surface area contributed by atoms with E-state index in [2.05, 4.69) is 15.7 Å². The van der Waals surface area contributed by atoms with E-state index in [1.54, 1.807) is 11.7 Å². The molecule has 134 valence electrons. The number of ether oxygens (including phenoxy) is 1. The molecule has 0 saturated heterocycles. The summed E-state index contributed by atoms with van der Waals surface area (Å²) in [6.07, 6.45) is 0.974. The lowest BCUT2D eigenvalue weighted by atomic mass is 9.86. The molecule has 1 fully saturated rings. The first-order chi connectivity index (χ1) is 11.7. The molecule has 2 aromatic rings. The summed E-state index contributed by atoms with van der Waals surface area (Å²) in [5.41, 5.74) is 0.842. The number of amides is 2. The molecule has 0 aliphatic heterocycles. The minimum absolute atomic E-state index is 0.0310. The second kappa shape index (κ2) is 6.38. The van der Waals surface area contributed by atoms with Gasteiger partial charge in [0, 0.05) is 24.5 Å². The molecule has 1 aliphatic rings. The Morgan fingerprint density at radius 1 is 1.16 bits per heavy atom. The van der Waals surface area contributed by atoms with Crippen LogP contribution in [0.1, 0.15) is 44.1 Å². The Hall–Kier alpha value is -2.57. The van der Waals surface area contributed by atoms with E-state index in [4.69, 9.17) is 4.74 Å². The summed E-state index contributed by atoms with van der Waals surface area (Å²) < 4.78 is 6.84. The lowest BCUT2D eigenvalue weighted by Gasteiger charge is -2.36. The SMILES string of the molecule is Cn1nc2ccccc2c1C(=O)NC1CC(NC(=O)OC(C)(C)C)C1. The van der Waals surface area contributed by atoms with Gasteiger partial charge in [-0.05, 0) is 39.7 Å². The number of rotatable bonds is 3. The van der Waals surface area contributed by atoms with Crippen molar-refractivity contribution in [2.45, 2.75) is 51.3 Å². The van der Waals surface area contributed by atoms with E-state index < -0.39 is 11.7 Å². The Morgan fingerprint density at radius 2 is 1.80 bits per heavy atom. The molecule has 0 spiro atoms. The van der Waals surface area contributed by atoms with Crippen LogP contribution in [0.2, 0.25) is 0 Å². The van der Waals surface area contributed by atoms with Gasteiger partial charge in [-0.2, -0.15) is 5.10 Å². The predicted molar refractivity (Wildman–Crippen MR) is 94.4 cm³/mol. The topological polar surface area (TPSA) is 85.3 Å². The molecule has 7 nitrogen and oxygen atoms in total. The fourth-order valence-corrected chi connectivity index (χ4v) is 3.00. The van der Waals surface area contributed by atoms with E-state index in [0.717, 1.165) is 10.9 Å². The summed E-state index contributed by atoms with van der Waals surface area (Å²) in [5.74, 6) is -0.142. The number of benzene rings is 1. The van der Waals surface area contributed by atoms with Crippen LogP contribution in [-0.2, 0) is 11.8 Å². The zero-order valence-electron chi connectivity index (χ0n) is 15.0. The largest absolute Gasteiger partial charge is 0.444 e. The van der Waals surface area contributed by atoms with Crippen molar-refractivity contribution in [3.05, 3.63) is 30.0 Å². The molecule has 7 heteroatoms. The second-order valence-corrected chi connectivity index (χ2v) is 7.47. The van der Waals surface area contributed by atoms with Gasteiger partial charge in [0.25, 0.3) is 5.91 Å². The van der Waals surface area contributed by atoms with Gasteiger partial charge in [-0.25, -0.2) is 4.79 Å². The van der Waals surface area contributed by atoms with Crippen molar-refractivity contribution in [2.24, 2.45) is 7.05 Å². The molecular weight excluding hydrogens is 320 g/mol. The Bertz CT molecular complexity index is 800. The monoisotopic (exact) mass is 344 g/mol. The average molecular weight is 344 g/mol. The van der Waals surface area contributed by atoms with E-state index in [1.165, 1.54) is 0 Å². The Morgan fingerprint density at radius 3 is 2.48 bits per heavy atom. The number of alkyl carbamates (subject to hydrolysis) is 1. The van der Waals surface area contributed by atoms with Crippen LogP contribution in [0.4, 0.5) is 4.79 Å². The average Bonchev–Trinajstić information content (AvgIpc) is 2.78. The molecule has 1 saturated carbocycles. The minimum atomic E-state index is -0.512. The molecule has 2 N–H and O–H groups in total. The summed E-state index contributed by atoms with van der Waals surface area (Å²) in [6.45, 7) is 5.48. The maximum atomic E-state index is 12.6. The fraction of sp³-hybridized carbons (Fsp3) is 0.500. The number of aromatic nitrogens is 2. The molecular formula is C18H24N4O3. The number of aryl methyl sites for hydroxylation is 1. The summed E-state index contributed by atoms with van der Waals surface area (Å²) in [6, 6.07) is 7.65. The second-order valence-electron chi connectivity index (χ2n) is 7.47. The molecule has 0 bridgehead atoms. The van der Waals surface area contributed by atoms with Crippen molar-refractivity contribution in [2.75, 3.05) is 0 Å². The van der Waals surface area contributed by atoms with Crippen LogP contribution in [-0.4, -0.2) is 39.5 Å². The number of carbonyl (C=O) groups excluding carboxylic acids is 2. The van der Waals surface area contributed by atoms with Crippen molar-refractivity contribution >= 4 is 22.9 Å². The number of nitrogens with zero attached hydrogens (tertiary/aromatic N) is 2. The van der Waals surface area contributed by atoms with Crippen molar-refractivity contribution in [3.63, 3.8) is 0 Å². The normalized spacial score (nSPS) is 20.0. The van der Waals surface area contributed by atoms with E-state index in [1.807, 2.05) is 45.0 Å². The molecule has 1 heterocycles. The lowest BCUT2D eigenvalue weighted by Crippen LogP contribution is -2.54. The standard InChI is InChI=1S/C18H24N4O3/c1-18(2,3)25-17(24)20-12-9-11(10-12)19-16(23)15-13-7-5-6-8-14(13)21-22(15)4/h5-8,11-12H,9-10H2,1-4H3,(H,19,23)(H,20,24). The van der Waals surface area contributed by atoms with E-state index >= 15 is 0 Å². The summed E-state index contributed by atoms with van der Waals surface area (Å²) in [7, 11) is 1.77. The zero-order valence-corrected chi connectivity index (χ0v) is 15.0. The van der Waals surface area contributed by atoms with Gasteiger partial charge < -0.3 is 15.4 Å². The third-order valence-corrected chi connectivity index (χ3v) is 4.15. The highest BCUT2D eigenvalue weighted by atomic mass is 16.6. The molecule has 3 rings (SSSR count). The smallest absolute Gasteiger partial charge is 0.407 e. The number of hydrogen-bond donors (Lipinski definition) is 2. The van der Waals surface area contributed by atoms with Gasteiger partial charge in [0.2, 0.25) is 0 Å². The predicted octanol–water partition coefficient (Wildman–Crippen LogP) is 2.36. The zero-order chi connectivity index (χ0) is 18.2. The third-order valence-electron chi connectivity index (χ3n) is 4.15. The van der Waals surface area contributed by atoms with Crippen LogP contribution in [0.3, 0.4) is 0 Å². The maximum Gasteiger partial charge on any atom is 0.407 e. The van der Waals surface area contributed by atoms with Crippen molar-refractivity contribution in [1.29, 1.82) is 0 Å². The van der Waals surface area contributed by atoms with Crippen molar-refractivity contribution in [1.82, 2.24) is 20.4 Å². The van der Waals surface area contributed by atoms with E-state index in [9.17, 15) is 9.59 Å². The quantitative estimate of drug-likeness (QED) is 0.895. The van der Waals surface area contributed by atoms with Gasteiger partial charge in [-0.15, -0.1) is 0 Å². The van der Waals surface area contributed by atoms with Crippen LogP contribution >= 0.6 is 0 Å². The van der Waals surface area contributed by atoms with Crippen LogP contribution in [0.25, 0.3) is 10.9 Å². The van der Waals surface area contributed by atoms with Crippen molar-refractivity contribution < 1.29 is 14.3 Å². The number of nitrogens with one attached hydrogen (secondary N) is 2. The molecule has 2 amide bonds. The summed E-state index contributed by atoms with van der Waals surface area (Å²) >= 11 is 0. The van der Waals surface area contributed by atoms with Gasteiger partial charge in [0.15, 0.2) is 0 Å². The maximum absolute atomic E-state index is 12.6. The first-order valence-electron chi connectivity index (χ1n) is 8.45. The Labute approximate surface area is 146 Å². The molecule has 1 aromatic heterocycles. The van der Waals surface area contributed by atoms with Gasteiger partial charge in [-0.3, -0.25) is 9.48 Å². The Balaban J connectivity index is 1.54. The summed E-state index contributed by atoms with van der Waals surface area (Å²) in [5, 5.41) is 11.0. The summed E-state index contributed by atoms with van der Waals surface area (Å²) in [4.78, 5) is 24.3. The van der Waals surface area contributed by atoms with Gasteiger partial charge in [0.05, 0.1) is 5.52 Å². The van der Waals surface area contributed by atoms with Gasteiger partial charge in [0.1, 0.15) is 11.3 Å². The van der Waals surface area contributed by atoms with Crippen LogP contribution in [0, 0.1) is 0 Å². The molecule has 1 aliphatic carbocycles. The molecule has 25 heavy (non-hydrogen) atoms. The number of carbonyl (C=O) groups is 2. The first-order valence-corrected chi connectivity index (χ1v) is 8.45. The lowest BCUT2D eigenvalue weighted by molar-refractivity contribution is 0.0465. The van der Waals surface area contributed by atoms with E-state index in [0.29, 0.717) is 18.5 Å². The van der Waals surface area contributed by atoms with Crippen LogP contribution in [0.15, 0.2) is 24.3 Å². The highest BCUT2D eigenvalue weighted by Crippen LogP contribution is 2.23. The molecule has 1 aromatic carbocycles. The van der Waals surface area contributed by atoms with Crippen molar-refractivity contribution in [3.8, 4) is 0 Å². The number of hydrogen-bond acceptors (Lipinski definition) is 4. The molecule has 0 radical (unpaired) electrons. The highest BCUT2D eigenvalue weighted by molar-refractivity contribution is 6.05. The number of fused-ring (bicyclic) bond motifs is 1.